The third-order valence-electron chi connectivity index (χ3n) is 2.04. The number of rotatable bonds is 1. The fourth-order valence-corrected chi connectivity index (χ4v) is 1.41. The van der Waals surface area contributed by atoms with Gasteiger partial charge in [0, 0.05) is 12.4 Å². The van der Waals surface area contributed by atoms with Crippen molar-refractivity contribution >= 4 is 11.6 Å². The number of aryl methyl sites for hydroxylation is 1. The molecule has 0 aliphatic heterocycles. The quantitative estimate of drug-likeness (QED) is 0.739. The van der Waals surface area contributed by atoms with E-state index in [1.807, 2.05) is 13.0 Å². The van der Waals surface area contributed by atoms with Crippen LogP contribution >= 0.6 is 11.6 Å². The maximum absolute atomic E-state index is 11.6. The summed E-state index contributed by atoms with van der Waals surface area (Å²) in [4.78, 5) is 15.8. The van der Waals surface area contributed by atoms with E-state index in [9.17, 15) is 4.79 Å². The minimum atomic E-state index is -0.254. The van der Waals surface area contributed by atoms with Crippen LogP contribution in [0.1, 0.15) is 5.56 Å². The molecule has 76 valence electrons. The maximum atomic E-state index is 11.6. The van der Waals surface area contributed by atoms with E-state index in [1.54, 1.807) is 30.6 Å². The molecule has 2 aromatic rings. The summed E-state index contributed by atoms with van der Waals surface area (Å²) >= 11 is 5.73. The largest absolute Gasteiger partial charge is 0.275 e. The number of nitrogens with zero attached hydrogens (tertiary/aromatic N) is 2. The molecule has 0 fully saturated rings. The standard InChI is InChI=1S/C11H9ClN2O/c1-8-4-5-10(13-7-8)14-6-2-3-9(12)11(14)15/h2-7H,1H3. The van der Waals surface area contributed by atoms with Crippen molar-refractivity contribution in [2.45, 2.75) is 6.92 Å². The summed E-state index contributed by atoms with van der Waals surface area (Å²) in [5.41, 5.74) is 0.796. The Morgan fingerprint density at radius 3 is 2.80 bits per heavy atom. The number of aromatic nitrogens is 2. The molecule has 2 aromatic heterocycles. The lowest BCUT2D eigenvalue weighted by Crippen LogP contribution is -2.18. The molecule has 2 rings (SSSR count). The van der Waals surface area contributed by atoms with Crippen LogP contribution in [0.25, 0.3) is 5.82 Å². The van der Waals surface area contributed by atoms with Crippen LogP contribution < -0.4 is 5.56 Å². The molecular weight excluding hydrogens is 212 g/mol. The molecule has 0 bridgehead atoms. The Labute approximate surface area is 92.0 Å². The summed E-state index contributed by atoms with van der Waals surface area (Å²) in [6, 6.07) is 6.96. The molecule has 0 spiro atoms. The normalized spacial score (nSPS) is 10.3. The van der Waals surface area contributed by atoms with Gasteiger partial charge in [0.1, 0.15) is 10.8 Å². The number of hydrogen-bond acceptors (Lipinski definition) is 2. The van der Waals surface area contributed by atoms with Gasteiger partial charge in [-0.1, -0.05) is 17.7 Å². The molecule has 15 heavy (non-hydrogen) atoms. The summed E-state index contributed by atoms with van der Waals surface area (Å²) in [7, 11) is 0. The van der Waals surface area contributed by atoms with Gasteiger partial charge in [0.2, 0.25) is 0 Å². The van der Waals surface area contributed by atoms with Crippen molar-refractivity contribution in [1.82, 2.24) is 9.55 Å². The Morgan fingerprint density at radius 2 is 2.13 bits per heavy atom. The van der Waals surface area contributed by atoms with Crippen LogP contribution in [0, 0.1) is 6.92 Å². The maximum Gasteiger partial charge on any atom is 0.275 e. The minimum Gasteiger partial charge on any atom is -0.267 e. The molecule has 0 amide bonds. The Bertz CT molecular complexity index is 531. The zero-order chi connectivity index (χ0) is 10.8. The third-order valence-corrected chi connectivity index (χ3v) is 2.33. The average molecular weight is 221 g/mol. The van der Waals surface area contributed by atoms with E-state index in [4.69, 9.17) is 11.6 Å². The predicted molar refractivity (Wildman–Crippen MR) is 59.6 cm³/mol. The third kappa shape index (κ3) is 1.92. The first-order valence-electron chi connectivity index (χ1n) is 4.49. The average Bonchev–Trinajstić information content (AvgIpc) is 2.24. The molecule has 0 saturated carbocycles. The highest BCUT2D eigenvalue weighted by Crippen LogP contribution is 2.05. The van der Waals surface area contributed by atoms with Gasteiger partial charge < -0.3 is 0 Å². The molecule has 0 N–H and O–H groups in total. The summed E-state index contributed by atoms with van der Waals surface area (Å²) in [6.45, 7) is 1.94. The zero-order valence-electron chi connectivity index (χ0n) is 8.14. The van der Waals surface area contributed by atoms with E-state index in [1.165, 1.54) is 4.57 Å². The fraction of sp³-hybridized carbons (Fsp3) is 0.0909. The molecule has 2 heterocycles. The lowest BCUT2D eigenvalue weighted by atomic mass is 10.3. The molecule has 0 unspecified atom stereocenters. The van der Waals surface area contributed by atoms with Gasteiger partial charge in [-0.2, -0.15) is 0 Å². The Kier molecular flexibility index (Phi) is 2.56. The topological polar surface area (TPSA) is 34.9 Å². The van der Waals surface area contributed by atoms with Gasteiger partial charge in [0.15, 0.2) is 0 Å². The van der Waals surface area contributed by atoms with E-state index >= 15 is 0 Å². The first-order chi connectivity index (χ1) is 7.18. The van der Waals surface area contributed by atoms with Crippen LogP contribution in [-0.4, -0.2) is 9.55 Å². The van der Waals surface area contributed by atoms with Crippen LogP contribution in [0.4, 0.5) is 0 Å². The zero-order valence-corrected chi connectivity index (χ0v) is 8.90. The van der Waals surface area contributed by atoms with Crippen LogP contribution in [0.2, 0.25) is 5.02 Å². The molecule has 0 aromatic carbocycles. The first-order valence-corrected chi connectivity index (χ1v) is 4.86. The predicted octanol–water partition coefficient (Wildman–Crippen LogP) is 2.19. The van der Waals surface area contributed by atoms with Gasteiger partial charge in [-0.25, -0.2) is 4.98 Å². The lowest BCUT2D eigenvalue weighted by Gasteiger charge is -2.04. The van der Waals surface area contributed by atoms with Gasteiger partial charge in [-0.05, 0) is 30.7 Å². The lowest BCUT2D eigenvalue weighted by molar-refractivity contribution is 0.938. The van der Waals surface area contributed by atoms with Crippen molar-refractivity contribution in [3.8, 4) is 5.82 Å². The van der Waals surface area contributed by atoms with Gasteiger partial charge in [0.05, 0.1) is 0 Å². The summed E-state index contributed by atoms with van der Waals surface area (Å²) in [6.07, 6.45) is 3.36. The molecule has 0 atom stereocenters. The van der Waals surface area contributed by atoms with E-state index in [-0.39, 0.29) is 10.6 Å². The van der Waals surface area contributed by atoms with E-state index in [2.05, 4.69) is 4.98 Å². The van der Waals surface area contributed by atoms with Crippen LogP contribution in [0.3, 0.4) is 0 Å². The van der Waals surface area contributed by atoms with Crippen LogP contribution in [0.5, 0.6) is 0 Å². The Morgan fingerprint density at radius 1 is 1.33 bits per heavy atom. The van der Waals surface area contributed by atoms with Crippen LogP contribution in [0.15, 0.2) is 41.5 Å². The minimum absolute atomic E-state index is 0.194. The molecular formula is C11H9ClN2O. The molecule has 0 aliphatic carbocycles. The van der Waals surface area contributed by atoms with Gasteiger partial charge >= 0.3 is 0 Å². The van der Waals surface area contributed by atoms with Crippen molar-refractivity contribution in [3.05, 3.63) is 57.6 Å². The van der Waals surface area contributed by atoms with Crippen molar-refractivity contribution in [3.63, 3.8) is 0 Å². The summed E-state index contributed by atoms with van der Waals surface area (Å²) < 4.78 is 1.42. The molecule has 0 radical (unpaired) electrons. The van der Waals surface area contributed by atoms with E-state index in [0.29, 0.717) is 5.82 Å². The molecule has 4 heteroatoms. The molecule has 0 saturated heterocycles. The van der Waals surface area contributed by atoms with Gasteiger partial charge in [0.25, 0.3) is 5.56 Å². The van der Waals surface area contributed by atoms with Gasteiger partial charge in [-0.15, -0.1) is 0 Å². The second kappa shape index (κ2) is 3.87. The highest BCUT2D eigenvalue weighted by Gasteiger charge is 2.02. The highest BCUT2D eigenvalue weighted by atomic mass is 35.5. The molecule has 3 nitrogen and oxygen atoms in total. The Balaban J connectivity index is 2.59. The van der Waals surface area contributed by atoms with Crippen molar-refractivity contribution in [1.29, 1.82) is 0 Å². The Hall–Kier alpha value is -1.61. The fourth-order valence-electron chi connectivity index (χ4n) is 1.25. The summed E-state index contributed by atoms with van der Waals surface area (Å²) in [5.74, 6) is 0.577. The summed E-state index contributed by atoms with van der Waals surface area (Å²) in [5, 5.41) is 0.194. The van der Waals surface area contributed by atoms with Gasteiger partial charge in [-0.3, -0.25) is 9.36 Å². The number of halogens is 1. The van der Waals surface area contributed by atoms with Crippen molar-refractivity contribution in [2.24, 2.45) is 0 Å². The smallest absolute Gasteiger partial charge is 0.267 e. The second-order valence-corrected chi connectivity index (χ2v) is 3.63. The van der Waals surface area contributed by atoms with Crippen LogP contribution in [-0.2, 0) is 0 Å². The number of hydrogen-bond donors (Lipinski definition) is 0. The van der Waals surface area contributed by atoms with E-state index in [0.717, 1.165) is 5.56 Å². The first kappa shape index (κ1) is 9.93. The van der Waals surface area contributed by atoms with Crippen molar-refractivity contribution in [2.75, 3.05) is 0 Å². The SMILES string of the molecule is Cc1ccc(-n2cccc(Cl)c2=O)nc1. The number of pyridine rings is 2. The highest BCUT2D eigenvalue weighted by molar-refractivity contribution is 6.30. The monoisotopic (exact) mass is 220 g/mol. The molecule has 0 aliphatic rings. The van der Waals surface area contributed by atoms with E-state index < -0.39 is 0 Å². The second-order valence-electron chi connectivity index (χ2n) is 3.23. The van der Waals surface area contributed by atoms with Crippen molar-refractivity contribution < 1.29 is 0 Å².